The predicted molar refractivity (Wildman–Crippen MR) is 49.8 cm³/mol. The monoisotopic (exact) mass is 204 g/mol. The molecule has 0 saturated carbocycles. The first-order valence-corrected chi connectivity index (χ1v) is 3.77. The molecule has 12 heavy (non-hydrogen) atoms. The third kappa shape index (κ3) is 1.62. The number of nitrogens with zero attached hydrogens (tertiary/aromatic N) is 1. The van der Waals surface area contributed by atoms with Crippen LogP contribution in [0.25, 0.3) is 0 Å². The molecule has 64 valence electrons. The maximum Gasteiger partial charge on any atom is 0.293 e. The predicted octanol–water partition coefficient (Wildman–Crippen LogP) is 2.12. The van der Waals surface area contributed by atoms with Crippen LogP contribution in [-0.4, -0.2) is 4.92 Å². The standard InChI is InChI=1S/C6H5ClN2O2S/c7-3-1-5(9(10)11)4(8)2-6(3)12/h1-2,12H,8H2. The van der Waals surface area contributed by atoms with Crippen LogP contribution >= 0.6 is 24.2 Å². The minimum atomic E-state index is -0.589. The van der Waals surface area contributed by atoms with Crippen molar-refractivity contribution in [1.82, 2.24) is 0 Å². The van der Waals surface area contributed by atoms with Crippen molar-refractivity contribution < 1.29 is 4.92 Å². The lowest BCUT2D eigenvalue weighted by Crippen LogP contribution is -1.95. The van der Waals surface area contributed by atoms with E-state index in [4.69, 9.17) is 17.3 Å². The van der Waals surface area contributed by atoms with Crippen LogP contribution in [0, 0.1) is 10.1 Å². The first kappa shape index (κ1) is 9.15. The number of hydrogen-bond acceptors (Lipinski definition) is 4. The van der Waals surface area contributed by atoms with E-state index < -0.39 is 4.92 Å². The van der Waals surface area contributed by atoms with Gasteiger partial charge >= 0.3 is 0 Å². The zero-order valence-electron chi connectivity index (χ0n) is 5.82. The van der Waals surface area contributed by atoms with Gasteiger partial charge in [0.25, 0.3) is 5.69 Å². The highest BCUT2D eigenvalue weighted by atomic mass is 35.5. The van der Waals surface area contributed by atoms with Gasteiger partial charge in [0.05, 0.1) is 9.95 Å². The van der Waals surface area contributed by atoms with E-state index >= 15 is 0 Å². The van der Waals surface area contributed by atoms with Crippen molar-refractivity contribution in [2.75, 3.05) is 5.73 Å². The fourth-order valence-electron chi connectivity index (χ4n) is 0.726. The third-order valence-electron chi connectivity index (χ3n) is 1.29. The van der Waals surface area contributed by atoms with Crippen molar-refractivity contribution >= 4 is 35.6 Å². The van der Waals surface area contributed by atoms with Crippen molar-refractivity contribution in [3.8, 4) is 0 Å². The zero-order valence-corrected chi connectivity index (χ0v) is 7.47. The summed E-state index contributed by atoms with van der Waals surface area (Å²) < 4.78 is 0. The molecule has 0 aliphatic rings. The van der Waals surface area contributed by atoms with Crippen LogP contribution in [-0.2, 0) is 0 Å². The molecule has 0 unspecified atom stereocenters. The van der Waals surface area contributed by atoms with Crippen molar-refractivity contribution in [3.63, 3.8) is 0 Å². The van der Waals surface area contributed by atoms with Crippen LogP contribution in [0.5, 0.6) is 0 Å². The Morgan fingerprint density at radius 1 is 1.58 bits per heavy atom. The summed E-state index contributed by atoms with van der Waals surface area (Å²) in [5, 5.41) is 10.5. The number of hydrogen-bond donors (Lipinski definition) is 2. The van der Waals surface area contributed by atoms with Crippen LogP contribution in [0.2, 0.25) is 5.02 Å². The number of nitrogen functional groups attached to an aromatic ring is 1. The second kappa shape index (κ2) is 3.20. The van der Waals surface area contributed by atoms with E-state index in [2.05, 4.69) is 12.6 Å². The molecule has 0 aliphatic heterocycles. The second-order valence-corrected chi connectivity index (χ2v) is 3.01. The van der Waals surface area contributed by atoms with Crippen molar-refractivity contribution in [2.24, 2.45) is 0 Å². The average molecular weight is 205 g/mol. The first-order chi connectivity index (χ1) is 5.52. The Morgan fingerprint density at radius 2 is 2.17 bits per heavy atom. The normalized spacial score (nSPS) is 9.83. The summed E-state index contributed by atoms with van der Waals surface area (Å²) in [6, 6.07) is 2.53. The van der Waals surface area contributed by atoms with Gasteiger partial charge in [-0.1, -0.05) is 11.6 Å². The molecule has 0 spiro atoms. The summed E-state index contributed by atoms with van der Waals surface area (Å²) in [7, 11) is 0. The highest BCUT2D eigenvalue weighted by Crippen LogP contribution is 2.30. The lowest BCUT2D eigenvalue weighted by atomic mass is 10.3. The van der Waals surface area contributed by atoms with Crippen LogP contribution in [0.1, 0.15) is 0 Å². The fourth-order valence-corrected chi connectivity index (χ4v) is 1.09. The van der Waals surface area contributed by atoms with Crippen LogP contribution in [0.4, 0.5) is 11.4 Å². The van der Waals surface area contributed by atoms with Crippen molar-refractivity contribution in [3.05, 3.63) is 27.3 Å². The summed E-state index contributed by atoms with van der Waals surface area (Å²) in [6.07, 6.45) is 0. The van der Waals surface area contributed by atoms with Gasteiger partial charge < -0.3 is 5.73 Å². The van der Waals surface area contributed by atoms with Crippen LogP contribution < -0.4 is 5.73 Å². The van der Waals surface area contributed by atoms with E-state index in [1.54, 1.807) is 0 Å². The van der Waals surface area contributed by atoms with Gasteiger partial charge in [-0.2, -0.15) is 0 Å². The molecular formula is C6H5ClN2O2S. The Kier molecular flexibility index (Phi) is 2.44. The van der Waals surface area contributed by atoms with Crippen molar-refractivity contribution in [2.45, 2.75) is 4.90 Å². The van der Waals surface area contributed by atoms with Gasteiger partial charge in [0.15, 0.2) is 0 Å². The van der Waals surface area contributed by atoms with Crippen LogP contribution in [0.15, 0.2) is 17.0 Å². The molecule has 1 aromatic rings. The third-order valence-corrected chi connectivity index (χ3v) is 2.11. The van der Waals surface area contributed by atoms with E-state index in [-0.39, 0.29) is 16.4 Å². The van der Waals surface area contributed by atoms with Gasteiger partial charge in [0, 0.05) is 11.0 Å². The maximum atomic E-state index is 10.3. The number of thiol groups is 1. The molecule has 0 fully saturated rings. The van der Waals surface area contributed by atoms with Gasteiger partial charge in [-0.15, -0.1) is 12.6 Å². The Balaban J connectivity index is 3.33. The fraction of sp³-hybridized carbons (Fsp3) is 0. The Morgan fingerprint density at radius 3 is 2.67 bits per heavy atom. The lowest BCUT2D eigenvalue weighted by molar-refractivity contribution is -0.383. The Labute approximate surface area is 78.9 Å². The number of halogens is 1. The van der Waals surface area contributed by atoms with E-state index in [9.17, 15) is 10.1 Å². The van der Waals surface area contributed by atoms with Gasteiger partial charge in [0.1, 0.15) is 5.69 Å². The molecule has 0 atom stereocenters. The maximum absolute atomic E-state index is 10.3. The SMILES string of the molecule is Nc1cc(S)c(Cl)cc1[N+](=O)[O-]. The quantitative estimate of drug-likeness (QED) is 0.319. The van der Waals surface area contributed by atoms with Gasteiger partial charge in [0.2, 0.25) is 0 Å². The molecule has 0 aliphatic carbocycles. The number of rotatable bonds is 1. The highest BCUT2D eigenvalue weighted by Gasteiger charge is 2.13. The summed E-state index contributed by atoms with van der Waals surface area (Å²) in [6.45, 7) is 0. The number of nitro benzene ring substituents is 1. The molecule has 1 rings (SSSR count). The molecule has 2 N–H and O–H groups in total. The van der Waals surface area contributed by atoms with Gasteiger partial charge in [-0.25, -0.2) is 0 Å². The first-order valence-electron chi connectivity index (χ1n) is 2.94. The van der Waals surface area contributed by atoms with E-state index in [0.717, 1.165) is 0 Å². The van der Waals surface area contributed by atoms with E-state index in [1.807, 2.05) is 0 Å². The molecular weight excluding hydrogens is 200 g/mol. The number of nitro groups is 1. The molecule has 0 radical (unpaired) electrons. The van der Waals surface area contributed by atoms with Gasteiger partial charge in [-0.3, -0.25) is 10.1 Å². The molecule has 0 bridgehead atoms. The number of anilines is 1. The van der Waals surface area contributed by atoms with Crippen LogP contribution in [0.3, 0.4) is 0 Å². The zero-order chi connectivity index (χ0) is 9.30. The number of benzene rings is 1. The Hall–Kier alpha value is -0.940. The average Bonchev–Trinajstić information content (AvgIpc) is 1.96. The molecule has 6 heteroatoms. The van der Waals surface area contributed by atoms with E-state index in [1.165, 1.54) is 12.1 Å². The number of nitrogens with two attached hydrogens (primary N) is 1. The molecule has 1 aromatic carbocycles. The molecule has 0 heterocycles. The minimum Gasteiger partial charge on any atom is -0.393 e. The van der Waals surface area contributed by atoms with E-state index in [0.29, 0.717) is 4.90 Å². The molecule has 0 amide bonds. The topological polar surface area (TPSA) is 69.2 Å². The highest BCUT2D eigenvalue weighted by molar-refractivity contribution is 7.80. The Bertz CT molecular complexity index is 343. The second-order valence-electron chi connectivity index (χ2n) is 2.12. The van der Waals surface area contributed by atoms with Gasteiger partial charge in [-0.05, 0) is 6.07 Å². The summed E-state index contributed by atoms with van der Waals surface area (Å²) in [5.41, 5.74) is 5.21. The molecule has 0 aromatic heterocycles. The smallest absolute Gasteiger partial charge is 0.293 e. The molecule has 0 saturated heterocycles. The largest absolute Gasteiger partial charge is 0.393 e. The summed E-state index contributed by atoms with van der Waals surface area (Å²) in [4.78, 5) is 10.2. The summed E-state index contributed by atoms with van der Waals surface area (Å²) in [5.74, 6) is 0. The minimum absolute atomic E-state index is 0.0643. The molecule has 4 nitrogen and oxygen atoms in total. The van der Waals surface area contributed by atoms with Crippen molar-refractivity contribution in [1.29, 1.82) is 0 Å². The summed E-state index contributed by atoms with van der Waals surface area (Å²) >= 11 is 9.54. The lowest BCUT2D eigenvalue weighted by Gasteiger charge is -1.99.